The highest BCUT2D eigenvalue weighted by Crippen LogP contribution is 2.07. The highest BCUT2D eigenvalue weighted by Gasteiger charge is 1.99. The van der Waals surface area contributed by atoms with Crippen molar-refractivity contribution in [3.63, 3.8) is 0 Å². The molecule has 0 bridgehead atoms. The van der Waals surface area contributed by atoms with Crippen LogP contribution in [0.15, 0.2) is 16.0 Å². The summed E-state index contributed by atoms with van der Waals surface area (Å²) in [4.78, 5) is 7.65. The van der Waals surface area contributed by atoms with E-state index in [9.17, 15) is 0 Å². The lowest BCUT2D eigenvalue weighted by atomic mass is 10.4. The maximum Gasteiger partial charge on any atom is 0.151 e. The van der Waals surface area contributed by atoms with Gasteiger partial charge in [0.15, 0.2) is 5.82 Å². The predicted molar refractivity (Wildman–Crippen MR) is 43.5 cm³/mol. The third-order valence-corrected chi connectivity index (χ3v) is 1.36. The van der Waals surface area contributed by atoms with Crippen LogP contribution in [0.4, 0.5) is 5.82 Å². The van der Waals surface area contributed by atoms with Crippen molar-refractivity contribution in [2.24, 2.45) is 5.16 Å². The van der Waals surface area contributed by atoms with E-state index >= 15 is 0 Å². The number of rotatable bonds is 1. The Morgan fingerprint density at radius 1 is 1.73 bits per heavy atom. The first kappa shape index (κ1) is 7.93. The molecule has 1 aromatic heterocycles. The molecule has 0 aliphatic rings. The third kappa shape index (κ3) is 1.87. The van der Waals surface area contributed by atoms with Crippen LogP contribution in [0.2, 0.25) is 0 Å². The average Bonchev–Trinajstić information content (AvgIpc) is 1.98. The first-order valence-corrected chi connectivity index (χ1v) is 3.49. The molecule has 0 amide bonds. The second-order valence-electron chi connectivity index (χ2n) is 1.71. The van der Waals surface area contributed by atoms with Gasteiger partial charge in [0.2, 0.25) is 0 Å². The Balaban J connectivity index is 3.12. The Labute approximate surface area is 71.1 Å². The lowest BCUT2D eigenvalue weighted by molar-refractivity contribution is 0.321. The summed E-state index contributed by atoms with van der Waals surface area (Å²) >= 11 is 3.09. The van der Waals surface area contributed by atoms with Crippen molar-refractivity contribution in [1.29, 1.82) is 0 Å². The van der Waals surface area contributed by atoms with Gasteiger partial charge in [-0.2, -0.15) is 0 Å². The van der Waals surface area contributed by atoms with E-state index in [2.05, 4.69) is 31.1 Å². The summed E-state index contributed by atoms with van der Waals surface area (Å²) in [6.07, 6.45) is 2.58. The molecular weight excluding hydrogens is 212 g/mol. The van der Waals surface area contributed by atoms with Gasteiger partial charge in [-0.1, -0.05) is 5.16 Å². The second kappa shape index (κ2) is 3.29. The molecular formula is C5H5BrN4O. The molecule has 0 fully saturated rings. The smallest absolute Gasteiger partial charge is 0.151 e. The van der Waals surface area contributed by atoms with E-state index in [1.54, 1.807) is 0 Å². The molecule has 58 valence electrons. The van der Waals surface area contributed by atoms with E-state index in [4.69, 9.17) is 10.9 Å². The Bertz CT molecular complexity index is 288. The molecule has 1 heterocycles. The van der Waals surface area contributed by atoms with Crippen LogP contribution in [0.3, 0.4) is 0 Å². The molecule has 0 saturated carbocycles. The first-order chi connectivity index (χ1) is 5.24. The number of aromatic nitrogens is 2. The summed E-state index contributed by atoms with van der Waals surface area (Å²) in [6.45, 7) is 0. The van der Waals surface area contributed by atoms with E-state index in [1.807, 2.05) is 0 Å². The fourth-order valence-electron chi connectivity index (χ4n) is 0.540. The van der Waals surface area contributed by atoms with Gasteiger partial charge in [-0.15, -0.1) is 0 Å². The van der Waals surface area contributed by atoms with Crippen molar-refractivity contribution >= 4 is 28.0 Å². The van der Waals surface area contributed by atoms with Crippen LogP contribution >= 0.6 is 15.9 Å². The summed E-state index contributed by atoms with van der Waals surface area (Å²) in [5, 5.41) is 10.9. The predicted octanol–water partition coefficient (Wildman–Crippen LogP) is 0.629. The number of nitrogens with two attached hydrogens (primary N) is 1. The summed E-state index contributed by atoms with van der Waals surface area (Å²) < 4.78 is 0.543. The molecule has 0 aromatic carbocycles. The first-order valence-electron chi connectivity index (χ1n) is 2.69. The number of oxime groups is 1. The standard InChI is InChI=1S/C5H5BrN4O/c6-4-2-8-5(7)3(10-4)1-9-11/h1-2,11H,(H2,7,8)/b9-1+. The zero-order valence-corrected chi connectivity index (χ0v) is 6.98. The molecule has 0 aliphatic carbocycles. The van der Waals surface area contributed by atoms with Gasteiger partial charge in [0.05, 0.1) is 12.4 Å². The highest BCUT2D eigenvalue weighted by molar-refractivity contribution is 9.10. The van der Waals surface area contributed by atoms with Crippen molar-refractivity contribution in [2.45, 2.75) is 0 Å². The number of halogens is 1. The monoisotopic (exact) mass is 216 g/mol. The molecule has 5 nitrogen and oxygen atoms in total. The lowest BCUT2D eigenvalue weighted by Gasteiger charge is -1.95. The van der Waals surface area contributed by atoms with E-state index in [0.717, 1.165) is 6.21 Å². The SMILES string of the molecule is Nc1ncc(Br)nc1/C=N/O. The molecule has 0 radical (unpaired) electrons. The number of hydrogen-bond donors (Lipinski definition) is 2. The zero-order chi connectivity index (χ0) is 8.27. The molecule has 6 heteroatoms. The number of anilines is 1. The van der Waals surface area contributed by atoms with Crippen molar-refractivity contribution in [2.75, 3.05) is 5.73 Å². The third-order valence-electron chi connectivity index (χ3n) is 0.980. The minimum absolute atomic E-state index is 0.228. The van der Waals surface area contributed by atoms with Crippen molar-refractivity contribution < 1.29 is 5.21 Å². The molecule has 0 saturated heterocycles. The fourth-order valence-corrected chi connectivity index (χ4v) is 0.833. The van der Waals surface area contributed by atoms with Crippen LogP contribution in [0.5, 0.6) is 0 Å². The van der Waals surface area contributed by atoms with E-state index in [-0.39, 0.29) is 5.82 Å². The van der Waals surface area contributed by atoms with Crippen LogP contribution in [0.1, 0.15) is 5.69 Å². The topological polar surface area (TPSA) is 84.4 Å². The maximum atomic E-state index is 8.17. The van der Waals surface area contributed by atoms with Crippen molar-refractivity contribution in [1.82, 2.24) is 9.97 Å². The lowest BCUT2D eigenvalue weighted by Crippen LogP contribution is -1.99. The van der Waals surface area contributed by atoms with Gasteiger partial charge >= 0.3 is 0 Å². The summed E-state index contributed by atoms with van der Waals surface area (Å²) in [5.41, 5.74) is 5.71. The van der Waals surface area contributed by atoms with Gasteiger partial charge in [0.1, 0.15) is 10.3 Å². The normalized spacial score (nSPS) is 10.6. The van der Waals surface area contributed by atoms with Crippen LogP contribution in [-0.2, 0) is 0 Å². The quantitative estimate of drug-likeness (QED) is 0.410. The number of hydrogen-bond acceptors (Lipinski definition) is 5. The van der Waals surface area contributed by atoms with Gasteiger partial charge in [-0.25, -0.2) is 9.97 Å². The molecule has 3 N–H and O–H groups in total. The molecule has 1 aromatic rings. The summed E-state index contributed by atoms with van der Waals surface area (Å²) in [7, 11) is 0. The molecule has 0 aliphatic heterocycles. The van der Waals surface area contributed by atoms with Crippen molar-refractivity contribution in [3.05, 3.63) is 16.5 Å². The van der Waals surface area contributed by atoms with Crippen LogP contribution in [0, 0.1) is 0 Å². The van der Waals surface area contributed by atoms with E-state index in [1.165, 1.54) is 6.20 Å². The Hall–Kier alpha value is -1.17. The van der Waals surface area contributed by atoms with Crippen LogP contribution < -0.4 is 5.73 Å². The van der Waals surface area contributed by atoms with Gasteiger partial charge in [-0.05, 0) is 15.9 Å². The number of nitrogen functional groups attached to an aromatic ring is 1. The van der Waals surface area contributed by atoms with Gasteiger partial charge in [0.25, 0.3) is 0 Å². The zero-order valence-electron chi connectivity index (χ0n) is 5.40. The molecule has 1 rings (SSSR count). The molecule has 0 unspecified atom stereocenters. The maximum absolute atomic E-state index is 8.17. The van der Waals surface area contributed by atoms with Gasteiger partial charge < -0.3 is 10.9 Å². The summed E-state index contributed by atoms with van der Waals surface area (Å²) in [5.74, 6) is 0.228. The van der Waals surface area contributed by atoms with E-state index < -0.39 is 0 Å². The Kier molecular flexibility index (Phi) is 2.37. The minimum Gasteiger partial charge on any atom is -0.411 e. The largest absolute Gasteiger partial charge is 0.411 e. The van der Waals surface area contributed by atoms with Crippen molar-refractivity contribution in [3.8, 4) is 0 Å². The van der Waals surface area contributed by atoms with Gasteiger partial charge in [-0.3, -0.25) is 0 Å². The van der Waals surface area contributed by atoms with E-state index in [0.29, 0.717) is 10.3 Å². The summed E-state index contributed by atoms with van der Waals surface area (Å²) in [6, 6.07) is 0. The van der Waals surface area contributed by atoms with Crippen LogP contribution in [-0.4, -0.2) is 21.4 Å². The second-order valence-corrected chi connectivity index (χ2v) is 2.52. The average molecular weight is 217 g/mol. The van der Waals surface area contributed by atoms with Gasteiger partial charge in [0, 0.05) is 0 Å². The highest BCUT2D eigenvalue weighted by atomic mass is 79.9. The molecule has 0 atom stereocenters. The molecule has 0 spiro atoms. The molecule has 11 heavy (non-hydrogen) atoms. The minimum atomic E-state index is 0.228. The Morgan fingerprint density at radius 3 is 3.09 bits per heavy atom. The Morgan fingerprint density at radius 2 is 2.45 bits per heavy atom. The fraction of sp³-hybridized carbons (Fsp3) is 0. The van der Waals surface area contributed by atoms with Crippen LogP contribution in [0.25, 0.3) is 0 Å². The number of nitrogens with zero attached hydrogens (tertiary/aromatic N) is 3.